The number of rotatable bonds is 7. The number of methoxy groups -OCH3 is 1. The van der Waals surface area contributed by atoms with Crippen molar-refractivity contribution >= 4 is 15.7 Å². The Bertz CT molecular complexity index is 604. The Labute approximate surface area is 140 Å². The van der Waals surface area contributed by atoms with E-state index in [2.05, 4.69) is 17.9 Å². The van der Waals surface area contributed by atoms with Crippen LogP contribution in [0.25, 0.3) is 0 Å². The standard InChI is InChI=1S/C17H28N2O3S/c1-4-16-14-18(2)17-10-6-5-9-15(17)13-19(16)23(20,21)12-8-7-11-22-3/h5-6,9-10,16H,4,7-8,11-14H2,1-3H3/t16-/m0/s1. The van der Waals surface area contributed by atoms with Crippen molar-refractivity contribution in [2.24, 2.45) is 0 Å². The molecule has 6 heteroatoms. The van der Waals surface area contributed by atoms with Crippen LogP contribution in [0.4, 0.5) is 5.69 Å². The van der Waals surface area contributed by atoms with Gasteiger partial charge in [0.05, 0.1) is 5.75 Å². The van der Waals surface area contributed by atoms with E-state index >= 15 is 0 Å². The van der Waals surface area contributed by atoms with Gasteiger partial charge in [-0.15, -0.1) is 0 Å². The fraction of sp³-hybridized carbons (Fsp3) is 0.647. The Morgan fingerprint density at radius 2 is 2.00 bits per heavy atom. The molecule has 0 amide bonds. The molecule has 0 radical (unpaired) electrons. The third kappa shape index (κ3) is 4.46. The summed E-state index contributed by atoms with van der Waals surface area (Å²) in [5.41, 5.74) is 2.20. The van der Waals surface area contributed by atoms with Gasteiger partial charge in [-0.05, 0) is 30.9 Å². The Morgan fingerprint density at radius 1 is 1.26 bits per heavy atom. The first-order valence-corrected chi connectivity index (χ1v) is 9.88. The molecule has 1 aliphatic heterocycles. The molecule has 2 rings (SSSR count). The molecule has 0 spiro atoms. The van der Waals surface area contributed by atoms with Gasteiger partial charge in [-0.25, -0.2) is 8.42 Å². The maximum Gasteiger partial charge on any atom is 0.214 e. The van der Waals surface area contributed by atoms with E-state index in [4.69, 9.17) is 4.74 Å². The van der Waals surface area contributed by atoms with Crippen molar-refractivity contribution in [3.8, 4) is 0 Å². The number of fused-ring (bicyclic) bond motifs is 1. The molecule has 0 bridgehead atoms. The zero-order chi connectivity index (χ0) is 16.9. The normalized spacial score (nSPS) is 19.4. The molecule has 1 aliphatic rings. The monoisotopic (exact) mass is 340 g/mol. The molecular weight excluding hydrogens is 312 g/mol. The number of nitrogens with zero attached hydrogens (tertiary/aromatic N) is 2. The first-order chi connectivity index (χ1) is 11.0. The van der Waals surface area contributed by atoms with Crippen LogP contribution in [0.1, 0.15) is 31.7 Å². The predicted molar refractivity (Wildman–Crippen MR) is 94.2 cm³/mol. The van der Waals surface area contributed by atoms with E-state index < -0.39 is 10.0 Å². The third-order valence-electron chi connectivity index (χ3n) is 4.45. The number of benzene rings is 1. The highest BCUT2D eigenvalue weighted by molar-refractivity contribution is 7.89. The van der Waals surface area contributed by atoms with Crippen LogP contribution in [-0.4, -0.2) is 51.8 Å². The van der Waals surface area contributed by atoms with Gasteiger partial charge in [0.2, 0.25) is 10.0 Å². The first kappa shape index (κ1) is 18.2. The quantitative estimate of drug-likeness (QED) is 0.716. The molecule has 0 unspecified atom stereocenters. The van der Waals surface area contributed by atoms with Crippen molar-refractivity contribution in [1.82, 2.24) is 4.31 Å². The summed E-state index contributed by atoms with van der Waals surface area (Å²) in [6.07, 6.45) is 2.23. The summed E-state index contributed by atoms with van der Waals surface area (Å²) in [5, 5.41) is 0. The molecule has 5 nitrogen and oxygen atoms in total. The largest absolute Gasteiger partial charge is 0.385 e. The maximum absolute atomic E-state index is 12.9. The van der Waals surface area contributed by atoms with E-state index in [1.165, 1.54) is 0 Å². The molecule has 1 atom stereocenters. The van der Waals surface area contributed by atoms with Gasteiger partial charge in [-0.3, -0.25) is 0 Å². The molecule has 0 saturated carbocycles. The van der Waals surface area contributed by atoms with E-state index in [9.17, 15) is 8.42 Å². The second kappa shape index (κ2) is 8.13. The molecule has 1 aromatic carbocycles. The van der Waals surface area contributed by atoms with Crippen molar-refractivity contribution in [2.75, 3.05) is 38.0 Å². The summed E-state index contributed by atoms with van der Waals surface area (Å²) >= 11 is 0. The molecule has 1 aromatic rings. The van der Waals surface area contributed by atoms with Crippen LogP contribution in [0.2, 0.25) is 0 Å². The molecule has 0 saturated heterocycles. The Morgan fingerprint density at radius 3 is 2.70 bits per heavy atom. The lowest BCUT2D eigenvalue weighted by molar-refractivity contribution is 0.194. The van der Waals surface area contributed by atoms with Crippen LogP contribution >= 0.6 is 0 Å². The van der Waals surface area contributed by atoms with Gasteiger partial charge in [0.1, 0.15) is 0 Å². The highest BCUT2D eigenvalue weighted by Crippen LogP contribution is 2.29. The van der Waals surface area contributed by atoms with Crippen LogP contribution in [0.5, 0.6) is 0 Å². The highest BCUT2D eigenvalue weighted by atomic mass is 32.2. The number of anilines is 1. The van der Waals surface area contributed by atoms with Gasteiger partial charge in [-0.1, -0.05) is 25.1 Å². The van der Waals surface area contributed by atoms with E-state index in [-0.39, 0.29) is 11.8 Å². The average Bonchev–Trinajstić information content (AvgIpc) is 2.69. The molecule has 0 aliphatic carbocycles. The smallest absolute Gasteiger partial charge is 0.214 e. The van der Waals surface area contributed by atoms with Gasteiger partial charge in [-0.2, -0.15) is 4.31 Å². The lowest BCUT2D eigenvalue weighted by Crippen LogP contribution is -2.44. The maximum atomic E-state index is 12.9. The minimum absolute atomic E-state index is 0.0137. The molecular formula is C17H28N2O3S. The SMILES string of the molecule is CC[C@H]1CN(C)c2ccccc2CN1S(=O)(=O)CCCCOC. The van der Waals surface area contributed by atoms with Gasteiger partial charge < -0.3 is 9.64 Å². The molecule has 0 N–H and O–H groups in total. The summed E-state index contributed by atoms with van der Waals surface area (Å²) in [5.74, 6) is 0.193. The molecule has 23 heavy (non-hydrogen) atoms. The summed E-state index contributed by atoms with van der Waals surface area (Å²) in [6, 6.07) is 8.08. The minimum atomic E-state index is -3.26. The Kier molecular flexibility index (Phi) is 6.44. The number of sulfonamides is 1. The third-order valence-corrected chi connectivity index (χ3v) is 6.40. The molecule has 0 aromatic heterocycles. The van der Waals surface area contributed by atoms with Crippen molar-refractivity contribution in [2.45, 2.75) is 38.8 Å². The Balaban J connectivity index is 2.21. The number of ether oxygens (including phenoxy) is 1. The highest BCUT2D eigenvalue weighted by Gasteiger charge is 2.32. The molecule has 0 fully saturated rings. The molecule has 1 heterocycles. The summed E-state index contributed by atoms with van der Waals surface area (Å²) < 4.78 is 32.4. The van der Waals surface area contributed by atoms with E-state index in [1.54, 1.807) is 11.4 Å². The van der Waals surface area contributed by atoms with Crippen LogP contribution in [0.15, 0.2) is 24.3 Å². The zero-order valence-corrected chi connectivity index (χ0v) is 15.2. The summed E-state index contributed by atoms with van der Waals surface area (Å²) in [7, 11) is 0.417. The lowest BCUT2D eigenvalue weighted by Gasteiger charge is -2.29. The van der Waals surface area contributed by atoms with E-state index in [0.29, 0.717) is 19.6 Å². The predicted octanol–water partition coefficient (Wildman–Crippen LogP) is 2.47. The number of para-hydroxylation sites is 1. The number of hydrogen-bond donors (Lipinski definition) is 0. The second-order valence-corrected chi connectivity index (χ2v) is 8.17. The number of unbranched alkanes of at least 4 members (excludes halogenated alkanes) is 1. The lowest BCUT2D eigenvalue weighted by atomic mass is 10.1. The fourth-order valence-corrected chi connectivity index (χ4v) is 4.93. The summed E-state index contributed by atoms with van der Waals surface area (Å²) in [6.45, 7) is 3.86. The topological polar surface area (TPSA) is 49.9 Å². The first-order valence-electron chi connectivity index (χ1n) is 8.27. The molecule has 130 valence electrons. The summed E-state index contributed by atoms with van der Waals surface area (Å²) in [4.78, 5) is 2.17. The minimum Gasteiger partial charge on any atom is -0.385 e. The van der Waals surface area contributed by atoms with Gasteiger partial charge in [0.25, 0.3) is 0 Å². The zero-order valence-electron chi connectivity index (χ0n) is 14.4. The van der Waals surface area contributed by atoms with Gasteiger partial charge in [0, 0.05) is 45.6 Å². The van der Waals surface area contributed by atoms with Gasteiger partial charge >= 0.3 is 0 Å². The van der Waals surface area contributed by atoms with Gasteiger partial charge in [0.15, 0.2) is 0 Å². The Hall–Kier alpha value is -1.11. The van der Waals surface area contributed by atoms with E-state index in [0.717, 1.165) is 30.6 Å². The average molecular weight is 340 g/mol. The van der Waals surface area contributed by atoms with Crippen molar-refractivity contribution < 1.29 is 13.2 Å². The van der Waals surface area contributed by atoms with Crippen molar-refractivity contribution in [3.05, 3.63) is 29.8 Å². The second-order valence-electron chi connectivity index (χ2n) is 6.13. The number of hydrogen-bond acceptors (Lipinski definition) is 4. The van der Waals surface area contributed by atoms with Crippen molar-refractivity contribution in [3.63, 3.8) is 0 Å². The van der Waals surface area contributed by atoms with Crippen molar-refractivity contribution in [1.29, 1.82) is 0 Å². The fourth-order valence-electron chi connectivity index (χ4n) is 3.13. The van der Waals surface area contributed by atoms with Crippen LogP contribution in [0.3, 0.4) is 0 Å². The number of likely N-dealkylation sites (N-methyl/N-ethyl adjacent to an activating group) is 1. The van der Waals surface area contributed by atoms with Crippen LogP contribution < -0.4 is 4.90 Å². The van der Waals surface area contributed by atoms with Crippen LogP contribution in [0, 0.1) is 0 Å². The van der Waals surface area contributed by atoms with E-state index in [1.807, 2.05) is 25.2 Å². The van der Waals surface area contributed by atoms with Crippen LogP contribution in [-0.2, 0) is 21.3 Å².